The number of rotatable bonds is 4. The first-order valence-electron chi connectivity index (χ1n) is 5.99. The third kappa shape index (κ3) is 3.28. The maximum Gasteiger partial charge on any atom is 0.161 e. The first-order chi connectivity index (χ1) is 9.99. The third-order valence-electron chi connectivity index (χ3n) is 3.03. The summed E-state index contributed by atoms with van der Waals surface area (Å²) in [6, 6.07) is 8.17. The molecule has 0 aliphatic heterocycles. The lowest BCUT2D eigenvalue weighted by Crippen LogP contribution is -2.00. The van der Waals surface area contributed by atoms with Crippen molar-refractivity contribution in [2.45, 2.75) is 5.38 Å². The van der Waals surface area contributed by atoms with Gasteiger partial charge in [0.1, 0.15) is 5.82 Å². The van der Waals surface area contributed by atoms with E-state index in [0.717, 1.165) is 0 Å². The monoisotopic (exact) mass is 392 g/mol. The summed E-state index contributed by atoms with van der Waals surface area (Å²) in [6.07, 6.45) is 0. The molecule has 1 atom stereocenters. The molecule has 2 aromatic rings. The lowest BCUT2D eigenvalue weighted by Gasteiger charge is -2.17. The van der Waals surface area contributed by atoms with Crippen molar-refractivity contribution < 1.29 is 13.9 Å². The van der Waals surface area contributed by atoms with Crippen LogP contribution in [0.3, 0.4) is 0 Å². The Morgan fingerprint density at radius 3 is 2.33 bits per heavy atom. The standard InChI is InChI=1S/C15H12BrCl2FO2/c1-20-12-6-9(10(16)7-13(12)21-2)14(18)8-4-3-5-11(17)15(8)19/h3-7,14H,1-2H3. The molecule has 112 valence electrons. The van der Waals surface area contributed by atoms with Gasteiger partial charge in [-0.1, -0.05) is 39.7 Å². The number of halogens is 4. The van der Waals surface area contributed by atoms with Crippen molar-refractivity contribution in [3.63, 3.8) is 0 Å². The zero-order valence-electron chi connectivity index (χ0n) is 11.3. The van der Waals surface area contributed by atoms with Gasteiger partial charge in [0, 0.05) is 10.0 Å². The molecular formula is C15H12BrCl2FO2. The SMILES string of the molecule is COc1cc(Br)c(C(Cl)c2cccc(Cl)c2F)cc1OC. The Bertz CT molecular complexity index is 664. The highest BCUT2D eigenvalue weighted by Gasteiger charge is 2.21. The Morgan fingerprint density at radius 1 is 1.10 bits per heavy atom. The Balaban J connectivity index is 2.53. The number of benzene rings is 2. The van der Waals surface area contributed by atoms with E-state index in [9.17, 15) is 4.39 Å². The predicted octanol–water partition coefficient (Wildman–Crippen LogP) is 5.59. The van der Waals surface area contributed by atoms with Crippen LogP contribution >= 0.6 is 39.1 Å². The van der Waals surface area contributed by atoms with E-state index in [2.05, 4.69) is 15.9 Å². The van der Waals surface area contributed by atoms with Gasteiger partial charge in [-0.05, 0) is 23.8 Å². The molecule has 0 aliphatic rings. The first-order valence-corrected chi connectivity index (χ1v) is 7.59. The van der Waals surface area contributed by atoms with Gasteiger partial charge in [-0.15, -0.1) is 11.6 Å². The van der Waals surface area contributed by atoms with Crippen molar-refractivity contribution >= 4 is 39.1 Å². The van der Waals surface area contributed by atoms with Crippen molar-refractivity contribution in [2.75, 3.05) is 14.2 Å². The molecule has 0 spiro atoms. The van der Waals surface area contributed by atoms with Crippen molar-refractivity contribution in [3.8, 4) is 11.5 Å². The summed E-state index contributed by atoms with van der Waals surface area (Å²) < 4.78 is 25.3. The van der Waals surface area contributed by atoms with Crippen LogP contribution in [0.5, 0.6) is 11.5 Å². The fraction of sp³-hybridized carbons (Fsp3) is 0.200. The van der Waals surface area contributed by atoms with Gasteiger partial charge < -0.3 is 9.47 Å². The Labute approximate surface area is 140 Å². The molecular weight excluding hydrogens is 382 g/mol. The van der Waals surface area contributed by atoms with Gasteiger partial charge in [0.25, 0.3) is 0 Å². The molecule has 0 radical (unpaired) electrons. The molecule has 6 heteroatoms. The zero-order chi connectivity index (χ0) is 15.6. The summed E-state index contributed by atoms with van der Waals surface area (Å²) in [5.41, 5.74) is 0.965. The average molecular weight is 394 g/mol. The number of hydrogen-bond acceptors (Lipinski definition) is 2. The van der Waals surface area contributed by atoms with E-state index < -0.39 is 11.2 Å². The minimum absolute atomic E-state index is 0.0368. The molecule has 0 N–H and O–H groups in total. The first kappa shape index (κ1) is 16.4. The minimum Gasteiger partial charge on any atom is -0.493 e. The van der Waals surface area contributed by atoms with Crippen LogP contribution < -0.4 is 9.47 Å². The van der Waals surface area contributed by atoms with Gasteiger partial charge in [0.2, 0.25) is 0 Å². The van der Waals surface area contributed by atoms with Crippen LogP contribution in [0.1, 0.15) is 16.5 Å². The highest BCUT2D eigenvalue weighted by Crippen LogP contribution is 2.41. The normalized spacial score (nSPS) is 12.1. The fourth-order valence-electron chi connectivity index (χ4n) is 1.95. The minimum atomic E-state index is -0.710. The van der Waals surface area contributed by atoms with Crippen LogP contribution in [0.4, 0.5) is 4.39 Å². The van der Waals surface area contributed by atoms with Crippen molar-refractivity contribution in [3.05, 3.63) is 56.8 Å². The number of methoxy groups -OCH3 is 2. The van der Waals surface area contributed by atoms with Crippen LogP contribution in [0, 0.1) is 5.82 Å². The van der Waals surface area contributed by atoms with E-state index in [4.69, 9.17) is 32.7 Å². The van der Waals surface area contributed by atoms with Gasteiger partial charge >= 0.3 is 0 Å². The molecule has 0 aliphatic carbocycles. The van der Waals surface area contributed by atoms with Crippen LogP contribution in [0.2, 0.25) is 5.02 Å². The van der Waals surface area contributed by atoms with Crippen LogP contribution in [0.15, 0.2) is 34.8 Å². The summed E-state index contributed by atoms with van der Waals surface area (Å²) in [7, 11) is 3.07. The van der Waals surface area contributed by atoms with E-state index >= 15 is 0 Å². The maximum absolute atomic E-state index is 14.1. The van der Waals surface area contributed by atoms with E-state index in [1.165, 1.54) is 13.2 Å². The third-order valence-corrected chi connectivity index (χ3v) is 4.48. The maximum atomic E-state index is 14.1. The lowest BCUT2D eigenvalue weighted by molar-refractivity contribution is 0.354. The van der Waals surface area contributed by atoms with Crippen LogP contribution in [-0.2, 0) is 0 Å². The molecule has 2 aromatic carbocycles. The number of alkyl halides is 1. The van der Waals surface area contributed by atoms with Crippen molar-refractivity contribution in [1.82, 2.24) is 0 Å². The summed E-state index contributed by atoms with van der Waals surface area (Å²) in [6.45, 7) is 0. The summed E-state index contributed by atoms with van der Waals surface area (Å²) >= 11 is 15.6. The quantitative estimate of drug-likeness (QED) is 0.630. The largest absolute Gasteiger partial charge is 0.493 e. The van der Waals surface area contributed by atoms with Gasteiger partial charge in [0.15, 0.2) is 11.5 Å². The highest BCUT2D eigenvalue weighted by atomic mass is 79.9. The highest BCUT2D eigenvalue weighted by molar-refractivity contribution is 9.10. The average Bonchev–Trinajstić information content (AvgIpc) is 2.49. The molecule has 2 nitrogen and oxygen atoms in total. The van der Waals surface area contributed by atoms with Crippen LogP contribution in [-0.4, -0.2) is 14.2 Å². The van der Waals surface area contributed by atoms with Crippen LogP contribution in [0.25, 0.3) is 0 Å². The topological polar surface area (TPSA) is 18.5 Å². The molecule has 0 saturated heterocycles. The predicted molar refractivity (Wildman–Crippen MR) is 86.4 cm³/mol. The second kappa shape index (κ2) is 6.86. The molecule has 0 fully saturated rings. The van der Waals surface area contributed by atoms with Gasteiger partial charge in [-0.3, -0.25) is 0 Å². The second-order valence-corrected chi connectivity index (χ2v) is 5.93. The van der Waals surface area contributed by atoms with E-state index in [-0.39, 0.29) is 5.02 Å². The van der Waals surface area contributed by atoms with E-state index in [1.807, 2.05) is 0 Å². The molecule has 21 heavy (non-hydrogen) atoms. The van der Waals surface area contributed by atoms with Crippen molar-refractivity contribution in [2.24, 2.45) is 0 Å². The second-order valence-electron chi connectivity index (χ2n) is 4.23. The smallest absolute Gasteiger partial charge is 0.161 e. The van der Waals surface area contributed by atoms with Gasteiger partial charge in [0.05, 0.1) is 24.6 Å². The van der Waals surface area contributed by atoms with E-state index in [0.29, 0.717) is 27.1 Å². The summed E-state index contributed by atoms with van der Waals surface area (Å²) in [5.74, 6) is 0.549. The number of hydrogen-bond donors (Lipinski definition) is 0. The lowest BCUT2D eigenvalue weighted by atomic mass is 10.0. The Hall–Kier alpha value is -0.970. The van der Waals surface area contributed by atoms with E-state index in [1.54, 1.807) is 31.4 Å². The molecule has 0 aromatic heterocycles. The molecule has 0 saturated carbocycles. The number of ether oxygens (including phenoxy) is 2. The Kier molecular flexibility index (Phi) is 5.36. The zero-order valence-corrected chi connectivity index (χ0v) is 14.4. The van der Waals surface area contributed by atoms with Crippen molar-refractivity contribution in [1.29, 1.82) is 0 Å². The summed E-state index contributed by atoms with van der Waals surface area (Å²) in [5, 5.41) is -0.673. The molecule has 0 bridgehead atoms. The summed E-state index contributed by atoms with van der Waals surface area (Å²) in [4.78, 5) is 0. The molecule has 2 rings (SSSR count). The fourth-order valence-corrected chi connectivity index (χ4v) is 3.16. The molecule has 0 amide bonds. The molecule has 1 unspecified atom stereocenters. The Morgan fingerprint density at radius 2 is 1.71 bits per heavy atom. The van der Waals surface area contributed by atoms with Gasteiger partial charge in [-0.25, -0.2) is 4.39 Å². The molecule has 0 heterocycles. The van der Waals surface area contributed by atoms with Gasteiger partial charge in [-0.2, -0.15) is 0 Å².